The second-order valence-electron chi connectivity index (χ2n) is 4.10. The SMILES string of the molecule is Cc1nonc1CS(=O)(=O)c1ccc(F)c(C(=O)O)c1F. The molecule has 0 aliphatic rings. The third-order valence-corrected chi connectivity index (χ3v) is 4.32. The van der Waals surface area contributed by atoms with E-state index in [0.717, 1.165) is 0 Å². The minimum atomic E-state index is -4.28. The van der Waals surface area contributed by atoms with Crippen molar-refractivity contribution < 1.29 is 31.7 Å². The van der Waals surface area contributed by atoms with Crippen LogP contribution in [0.2, 0.25) is 0 Å². The Hall–Kier alpha value is -2.36. The third-order valence-electron chi connectivity index (χ3n) is 2.68. The molecule has 1 N–H and O–H groups in total. The van der Waals surface area contributed by atoms with E-state index in [-0.39, 0.29) is 11.4 Å². The van der Waals surface area contributed by atoms with Crippen LogP contribution in [0, 0.1) is 18.6 Å². The topological polar surface area (TPSA) is 110 Å². The van der Waals surface area contributed by atoms with Gasteiger partial charge in [0.2, 0.25) is 0 Å². The number of hydrogen-bond donors (Lipinski definition) is 1. The largest absolute Gasteiger partial charge is 0.477 e. The molecule has 1 aromatic heterocycles. The lowest BCUT2D eigenvalue weighted by Crippen LogP contribution is -2.13. The van der Waals surface area contributed by atoms with Crippen LogP contribution in [0.25, 0.3) is 0 Å². The minimum Gasteiger partial charge on any atom is -0.477 e. The van der Waals surface area contributed by atoms with Crippen LogP contribution >= 0.6 is 0 Å². The molecule has 0 saturated heterocycles. The van der Waals surface area contributed by atoms with E-state index in [1.54, 1.807) is 0 Å². The first kappa shape index (κ1) is 15.0. The summed E-state index contributed by atoms with van der Waals surface area (Å²) in [6, 6.07) is 1.24. The van der Waals surface area contributed by atoms with Crippen molar-refractivity contribution in [2.24, 2.45) is 0 Å². The van der Waals surface area contributed by atoms with Crippen LogP contribution in [0.4, 0.5) is 8.78 Å². The number of sulfone groups is 1. The quantitative estimate of drug-likeness (QED) is 0.846. The normalized spacial score (nSPS) is 11.6. The van der Waals surface area contributed by atoms with Crippen LogP contribution in [0.15, 0.2) is 21.7 Å². The summed E-state index contributed by atoms with van der Waals surface area (Å²) in [6.45, 7) is 1.44. The molecular weight excluding hydrogens is 310 g/mol. The number of carboxylic acids is 1. The molecular formula is C11H8F2N2O5S. The van der Waals surface area contributed by atoms with Crippen molar-refractivity contribution in [3.8, 4) is 0 Å². The molecule has 0 spiro atoms. The number of benzene rings is 1. The zero-order valence-corrected chi connectivity index (χ0v) is 11.3. The van der Waals surface area contributed by atoms with Crippen molar-refractivity contribution in [3.63, 3.8) is 0 Å². The van der Waals surface area contributed by atoms with E-state index in [1.165, 1.54) is 6.92 Å². The summed E-state index contributed by atoms with van der Waals surface area (Å²) in [4.78, 5) is 9.85. The highest BCUT2D eigenvalue weighted by Crippen LogP contribution is 2.24. The molecule has 1 aromatic carbocycles. The molecule has 10 heteroatoms. The number of carbonyl (C=O) groups is 1. The van der Waals surface area contributed by atoms with Crippen LogP contribution < -0.4 is 0 Å². The van der Waals surface area contributed by atoms with Crippen LogP contribution in [0.1, 0.15) is 21.7 Å². The molecule has 0 atom stereocenters. The van der Waals surface area contributed by atoms with Gasteiger partial charge in [-0.3, -0.25) is 0 Å². The molecule has 0 saturated carbocycles. The Labute approximate surface area is 117 Å². The van der Waals surface area contributed by atoms with Gasteiger partial charge in [-0.15, -0.1) is 0 Å². The molecule has 2 aromatic rings. The molecule has 112 valence electrons. The Bertz CT molecular complexity index is 816. The number of halogens is 2. The maximum absolute atomic E-state index is 13.9. The van der Waals surface area contributed by atoms with Gasteiger partial charge >= 0.3 is 5.97 Å². The standard InChI is InChI=1S/C11H8F2N2O5S/c1-5-7(15-20-14-5)4-21(18,19)8-3-2-6(12)9(10(8)13)11(16)17/h2-3H,4H2,1H3,(H,16,17). The molecule has 0 aliphatic carbocycles. The lowest BCUT2D eigenvalue weighted by atomic mass is 10.2. The fraction of sp³-hybridized carbons (Fsp3) is 0.182. The van der Waals surface area contributed by atoms with Crippen LogP contribution in [-0.2, 0) is 15.6 Å². The molecule has 0 radical (unpaired) electrons. The number of aromatic carboxylic acids is 1. The first-order valence-corrected chi connectivity index (χ1v) is 7.11. The Morgan fingerprint density at radius 1 is 1.33 bits per heavy atom. The summed E-state index contributed by atoms with van der Waals surface area (Å²) in [6.07, 6.45) is 0. The molecule has 7 nitrogen and oxygen atoms in total. The van der Waals surface area contributed by atoms with Gasteiger partial charge in [0.05, 0.1) is 0 Å². The zero-order valence-electron chi connectivity index (χ0n) is 10.5. The van der Waals surface area contributed by atoms with Crippen molar-refractivity contribution in [2.75, 3.05) is 0 Å². The van der Waals surface area contributed by atoms with Gasteiger partial charge in [-0.1, -0.05) is 10.3 Å². The van der Waals surface area contributed by atoms with Crippen molar-refractivity contribution in [1.29, 1.82) is 0 Å². The van der Waals surface area contributed by atoms with Gasteiger partial charge in [0.15, 0.2) is 15.7 Å². The van der Waals surface area contributed by atoms with Crippen molar-refractivity contribution in [3.05, 3.63) is 40.7 Å². The summed E-state index contributed by atoms with van der Waals surface area (Å²) < 4.78 is 55.7. The fourth-order valence-corrected chi connectivity index (χ4v) is 3.04. The smallest absolute Gasteiger partial charge is 0.341 e. The Balaban J connectivity index is 2.53. The van der Waals surface area contributed by atoms with E-state index in [2.05, 4.69) is 14.9 Å². The van der Waals surface area contributed by atoms with Gasteiger partial charge < -0.3 is 5.11 Å². The first-order chi connectivity index (χ1) is 9.74. The molecule has 21 heavy (non-hydrogen) atoms. The Kier molecular flexibility index (Phi) is 3.73. The Morgan fingerprint density at radius 3 is 2.52 bits per heavy atom. The summed E-state index contributed by atoms with van der Waals surface area (Å²) in [5.41, 5.74) is -1.18. The monoisotopic (exact) mass is 318 g/mol. The Morgan fingerprint density at radius 2 is 2.00 bits per heavy atom. The van der Waals surface area contributed by atoms with Gasteiger partial charge in [-0.2, -0.15) is 0 Å². The summed E-state index contributed by atoms with van der Waals surface area (Å²) in [5, 5.41) is 15.5. The third kappa shape index (κ3) is 2.75. The van der Waals surface area contributed by atoms with E-state index >= 15 is 0 Å². The number of hydrogen-bond acceptors (Lipinski definition) is 6. The van der Waals surface area contributed by atoms with Crippen molar-refractivity contribution >= 4 is 15.8 Å². The second-order valence-corrected chi connectivity index (χ2v) is 6.05. The van der Waals surface area contributed by atoms with E-state index < -0.39 is 43.7 Å². The predicted molar refractivity (Wildman–Crippen MR) is 63.2 cm³/mol. The highest BCUT2D eigenvalue weighted by molar-refractivity contribution is 7.90. The lowest BCUT2D eigenvalue weighted by Gasteiger charge is -2.07. The van der Waals surface area contributed by atoms with Gasteiger partial charge in [-0.25, -0.2) is 26.6 Å². The van der Waals surface area contributed by atoms with Gasteiger partial charge in [0.25, 0.3) is 0 Å². The lowest BCUT2D eigenvalue weighted by molar-refractivity contribution is 0.0685. The maximum Gasteiger partial charge on any atom is 0.341 e. The number of nitrogens with zero attached hydrogens (tertiary/aromatic N) is 2. The average Bonchev–Trinajstić information content (AvgIpc) is 2.73. The van der Waals surface area contributed by atoms with Crippen LogP contribution in [0.5, 0.6) is 0 Å². The van der Waals surface area contributed by atoms with Crippen LogP contribution in [-0.4, -0.2) is 29.8 Å². The molecule has 2 rings (SSSR count). The highest BCUT2D eigenvalue weighted by atomic mass is 32.2. The average molecular weight is 318 g/mol. The first-order valence-electron chi connectivity index (χ1n) is 5.46. The predicted octanol–water partition coefficient (Wildman–Crippen LogP) is 1.33. The molecule has 0 aliphatic heterocycles. The summed E-state index contributed by atoms with van der Waals surface area (Å²) in [7, 11) is -4.28. The molecule has 0 fully saturated rings. The van der Waals surface area contributed by atoms with E-state index in [4.69, 9.17) is 5.11 Å². The zero-order chi connectivity index (χ0) is 15.8. The highest BCUT2D eigenvalue weighted by Gasteiger charge is 2.28. The molecule has 0 unspecified atom stereocenters. The number of aryl methyl sites for hydroxylation is 1. The number of carboxylic acid groups (broad SMARTS) is 1. The second kappa shape index (κ2) is 5.20. The van der Waals surface area contributed by atoms with Crippen molar-refractivity contribution in [2.45, 2.75) is 17.6 Å². The summed E-state index contributed by atoms with van der Waals surface area (Å²) >= 11 is 0. The summed E-state index contributed by atoms with van der Waals surface area (Å²) in [5.74, 6) is -5.67. The minimum absolute atomic E-state index is 0.0457. The van der Waals surface area contributed by atoms with Gasteiger partial charge in [0.1, 0.15) is 33.4 Å². The number of aromatic nitrogens is 2. The van der Waals surface area contributed by atoms with Gasteiger partial charge in [0, 0.05) is 0 Å². The number of rotatable bonds is 4. The van der Waals surface area contributed by atoms with E-state index in [0.29, 0.717) is 12.1 Å². The van der Waals surface area contributed by atoms with E-state index in [9.17, 15) is 22.0 Å². The van der Waals surface area contributed by atoms with E-state index in [1.807, 2.05) is 0 Å². The van der Waals surface area contributed by atoms with Crippen LogP contribution in [0.3, 0.4) is 0 Å². The molecule has 0 bridgehead atoms. The van der Waals surface area contributed by atoms with Crippen molar-refractivity contribution in [1.82, 2.24) is 10.3 Å². The van der Waals surface area contributed by atoms with Gasteiger partial charge in [-0.05, 0) is 19.1 Å². The maximum atomic E-state index is 13.9. The molecule has 1 heterocycles. The molecule has 0 amide bonds. The fourth-order valence-electron chi connectivity index (χ4n) is 1.61.